The summed E-state index contributed by atoms with van der Waals surface area (Å²) in [5, 5.41) is 11.0. The molecule has 1 amide bonds. The fourth-order valence-electron chi connectivity index (χ4n) is 1.71. The number of Topliss-reactive ketones (excluding diaryl/α,β-unsaturated/α-hetero) is 1. The van der Waals surface area contributed by atoms with E-state index in [-0.39, 0.29) is 6.54 Å². The number of rotatable bonds is 1. The molecule has 1 fully saturated rings. The molecule has 0 aromatic heterocycles. The zero-order valence-corrected chi connectivity index (χ0v) is 7.64. The average Bonchev–Trinajstić information content (AvgIpc) is 2.23. The summed E-state index contributed by atoms with van der Waals surface area (Å²) < 4.78 is 0. The van der Waals surface area contributed by atoms with Crippen LogP contribution in [0, 0.1) is 5.92 Å². The number of nitrogens with zero attached hydrogens (tertiary/aromatic N) is 1. The van der Waals surface area contributed by atoms with E-state index in [2.05, 4.69) is 10.3 Å². The molecule has 0 aromatic rings. The molecule has 1 saturated heterocycles. The number of allylic oxidation sites excluding steroid dienone is 1. The second-order valence-corrected chi connectivity index (χ2v) is 3.34. The summed E-state index contributed by atoms with van der Waals surface area (Å²) in [6.45, 7) is 0.155. The molecule has 0 aromatic carbocycles. The van der Waals surface area contributed by atoms with Gasteiger partial charge in [0.1, 0.15) is 6.04 Å². The summed E-state index contributed by atoms with van der Waals surface area (Å²) in [6, 6.07) is -1.10. The number of carbonyl (C=O) groups excluding carboxylic acids is 2. The van der Waals surface area contributed by atoms with Gasteiger partial charge in [-0.05, 0) is 11.6 Å². The van der Waals surface area contributed by atoms with Crippen molar-refractivity contribution >= 4 is 23.9 Å². The topological polar surface area (TPSA) is 95.8 Å². The molecule has 2 unspecified atom stereocenters. The predicted octanol–water partition coefficient (Wildman–Crippen LogP) is -1.23. The van der Waals surface area contributed by atoms with E-state index >= 15 is 0 Å². The first kappa shape index (κ1) is 9.57. The van der Waals surface area contributed by atoms with Gasteiger partial charge in [0.05, 0.1) is 12.5 Å². The van der Waals surface area contributed by atoms with Gasteiger partial charge in [-0.15, -0.1) is 0 Å². The first-order valence-electron chi connectivity index (χ1n) is 4.38. The highest BCUT2D eigenvalue weighted by atomic mass is 16.4. The van der Waals surface area contributed by atoms with E-state index < -0.39 is 29.6 Å². The van der Waals surface area contributed by atoms with Crippen LogP contribution in [0.15, 0.2) is 16.6 Å². The lowest BCUT2D eigenvalue weighted by Crippen LogP contribution is -2.55. The number of hydrogen-bond donors (Lipinski definition) is 2. The first-order chi connectivity index (χ1) is 7.11. The zero-order chi connectivity index (χ0) is 11.0. The minimum Gasteiger partial charge on any atom is -0.479 e. The lowest BCUT2D eigenvalue weighted by molar-refractivity contribution is -0.146. The molecule has 6 heteroatoms. The van der Waals surface area contributed by atoms with Crippen LogP contribution in [0.5, 0.6) is 0 Å². The van der Waals surface area contributed by atoms with E-state index in [0.29, 0.717) is 5.57 Å². The number of hydrogen-bond acceptors (Lipinski definition) is 4. The van der Waals surface area contributed by atoms with Crippen LogP contribution in [-0.4, -0.2) is 41.6 Å². The third kappa shape index (κ3) is 1.43. The molecule has 2 N–H and O–H groups in total. The van der Waals surface area contributed by atoms with Gasteiger partial charge >= 0.3 is 5.97 Å². The number of aliphatic carboxylic acids is 1. The van der Waals surface area contributed by atoms with Crippen molar-refractivity contribution < 1.29 is 19.5 Å². The predicted molar refractivity (Wildman–Crippen MR) is 49.5 cm³/mol. The lowest BCUT2D eigenvalue weighted by atomic mass is 9.84. The Balaban J connectivity index is 2.40. The Hall–Kier alpha value is -1.98. The normalized spacial score (nSPS) is 29.2. The van der Waals surface area contributed by atoms with Gasteiger partial charge in [-0.2, -0.15) is 0 Å². The van der Waals surface area contributed by atoms with E-state index in [4.69, 9.17) is 5.11 Å². The van der Waals surface area contributed by atoms with Crippen molar-refractivity contribution in [3.63, 3.8) is 0 Å². The maximum atomic E-state index is 11.4. The molecular formula is C9H8N2O4. The van der Waals surface area contributed by atoms with Crippen LogP contribution in [0.2, 0.25) is 0 Å². The van der Waals surface area contributed by atoms with E-state index in [0.717, 1.165) is 0 Å². The highest BCUT2D eigenvalue weighted by Crippen LogP contribution is 2.23. The summed E-state index contributed by atoms with van der Waals surface area (Å²) >= 11 is 0. The molecule has 2 atom stereocenters. The SMILES string of the molecule is O=C1NC(C(=O)O)C2=CC=NCC2C1=O. The van der Waals surface area contributed by atoms with Gasteiger partial charge in [0.2, 0.25) is 5.78 Å². The minimum absolute atomic E-state index is 0.155. The van der Waals surface area contributed by atoms with Crippen LogP contribution in [0.4, 0.5) is 0 Å². The van der Waals surface area contributed by atoms with E-state index in [9.17, 15) is 14.4 Å². The van der Waals surface area contributed by atoms with Crippen LogP contribution >= 0.6 is 0 Å². The van der Waals surface area contributed by atoms with E-state index in [1.54, 1.807) is 0 Å². The molecule has 0 saturated carbocycles. The molecular weight excluding hydrogens is 200 g/mol. The zero-order valence-electron chi connectivity index (χ0n) is 7.64. The second kappa shape index (κ2) is 3.30. The van der Waals surface area contributed by atoms with E-state index in [1.165, 1.54) is 12.3 Å². The average molecular weight is 208 g/mol. The number of carbonyl (C=O) groups is 3. The first-order valence-corrected chi connectivity index (χ1v) is 4.38. The molecule has 0 bridgehead atoms. The van der Waals surface area contributed by atoms with Crippen LogP contribution < -0.4 is 5.32 Å². The highest BCUT2D eigenvalue weighted by Gasteiger charge is 2.42. The van der Waals surface area contributed by atoms with Gasteiger partial charge in [0, 0.05) is 6.21 Å². The van der Waals surface area contributed by atoms with Gasteiger partial charge in [0.15, 0.2) is 0 Å². The van der Waals surface area contributed by atoms with E-state index in [1.807, 2.05) is 0 Å². The summed E-state index contributed by atoms with van der Waals surface area (Å²) in [5.74, 6) is -3.33. The number of aliphatic imine (C=N–C) groups is 1. The summed E-state index contributed by atoms with van der Waals surface area (Å²) in [4.78, 5) is 37.3. The molecule has 0 spiro atoms. The summed E-state index contributed by atoms with van der Waals surface area (Å²) in [5.41, 5.74) is 0.405. The highest BCUT2D eigenvalue weighted by molar-refractivity contribution is 6.39. The van der Waals surface area contributed by atoms with Gasteiger partial charge in [-0.1, -0.05) is 0 Å². The summed E-state index contributed by atoms with van der Waals surface area (Å²) in [7, 11) is 0. The van der Waals surface area contributed by atoms with Crippen molar-refractivity contribution in [2.24, 2.45) is 10.9 Å². The van der Waals surface area contributed by atoms with Crippen LogP contribution in [-0.2, 0) is 14.4 Å². The van der Waals surface area contributed by atoms with Crippen molar-refractivity contribution in [1.82, 2.24) is 5.32 Å². The molecule has 6 nitrogen and oxygen atoms in total. The standard InChI is InChI=1S/C9H8N2O4/c12-7-5-3-10-2-1-4(5)6(9(14)15)11-8(7)13/h1-2,5-6H,3H2,(H,11,13)(H,14,15). The van der Waals surface area contributed by atoms with Gasteiger partial charge in [0.25, 0.3) is 5.91 Å². The maximum absolute atomic E-state index is 11.4. The number of piperidine rings is 1. The monoisotopic (exact) mass is 208 g/mol. The molecule has 2 heterocycles. The third-order valence-electron chi connectivity index (χ3n) is 2.46. The van der Waals surface area contributed by atoms with Gasteiger partial charge < -0.3 is 10.4 Å². The van der Waals surface area contributed by atoms with Crippen molar-refractivity contribution in [2.75, 3.05) is 6.54 Å². The van der Waals surface area contributed by atoms with Gasteiger partial charge in [-0.25, -0.2) is 4.79 Å². The Labute approximate surface area is 84.7 Å². The molecule has 2 rings (SSSR count). The third-order valence-corrected chi connectivity index (χ3v) is 2.46. The van der Waals surface area contributed by atoms with Crippen LogP contribution in [0.1, 0.15) is 0 Å². The fraction of sp³-hybridized carbons (Fsp3) is 0.333. The Morgan fingerprint density at radius 1 is 1.53 bits per heavy atom. The molecule has 2 aliphatic rings. The number of nitrogens with one attached hydrogen (secondary N) is 1. The second-order valence-electron chi connectivity index (χ2n) is 3.34. The van der Waals surface area contributed by atoms with Crippen molar-refractivity contribution in [3.05, 3.63) is 11.6 Å². The number of dihydropyridines is 1. The quantitative estimate of drug-likeness (QED) is 0.527. The molecule has 0 radical (unpaired) electrons. The molecule has 0 aliphatic carbocycles. The largest absolute Gasteiger partial charge is 0.479 e. The van der Waals surface area contributed by atoms with Crippen molar-refractivity contribution in [3.8, 4) is 0 Å². The molecule has 15 heavy (non-hydrogen) atoms. The molecule has 2 aliphatic heterocycles. The Kier molecular flexibility index (Phi) is 2.11. The van der Waals surface area contributed by atoms with Crippen molar-refractivity contribution in [1.29, 1.82) is 0 Å². The number of carboxylic acids is 1. The number of fused-ring (bicyclic) bond motifs is 1. The Bertz CT molecular complexity index is 410. The Morgan fingerprint density at radius 3 is 2.93 bits per heavy atom. The van der Waals surface area contributed by atoms with Crippen LogP contribution in [0.3, 0.4) is 0 Å². The maximum Gasteiger partial charge on any atom is 0.330 e. The smallest absolute Gasteiger partial charge is 0.330 e. The minimum atomic E-state index is -1.16. The number of ketones is 1. The van der Waals surface area contributed by atoms with Crippen LogP contribution in [0.25, 0.3) is 0 Å². The van der Waals surface area contributed by atoms with Crippen molar-refractivity contribution in [2.45, 2.75) is 6.04 Å². The Morgan fingerprint density at radius 2 is 2.27 bits per heavy atom. The fourth-order valence-corrected chi connectivity index (χ4v) is 1.71. The lowest BCUT2D eigenvalue weighted by Gasteiger charge is -2.29. The number of amides is 1. The number of carboxylic acid groups (broad SMARTS) is 1. The van der Waals surface area contributed by atoms with Gasteiger partial charge in [-0.3, -0.25) is 14.6 Å². The molecule has 78 valence electrons. The summed E-state index contributed by atoms with van der Waals surface area (Å²) in [6.07, 6.45) is 2.93.